The third-order valence-electron chi connectivity index (χ3n) is 6.28. The van der Waals surface area contributed by atoms with Gasteiger partial charge in [-0.1, -0.05) is 18.2 Å². The summed E-state index contributed by atoms with van der Waals surface area (Å²) in [4.78, 5) is 10.5. The molecule has 5 nitrogen and oxygen atoms in total. The van der Waals surface area contributed by atoms with Crippen LogP contribution in [0.15, 0.2) is 18.2 Å². The Balaban J connectivity index is 1.46. The average molecular weight is 376 g/mol. The minimum atomic E-state index is -0.756. The van der Waals surface area contributed by atoms with Crippen molar-refractivity contribution in [2.45, 2.75) is 70.0 Å². The Kier molecular flexibility index (Phi) is 7.27. The molecule has 5 heteroatoms. The van der Waals surface area contributed by atoms with Gasteiger partial charge in [0, 0.05) is 19.6 Å². The van der Waals surface area contributed by atoms with Crippen LogP contribution in [0.5, 0.6) is 0 Å². The van der Waals surface area contributed by atoms with Crippen molar-refractivity contribution in [1.82, 2.24) is 0 Å². The number of fused-ring (bicyclic) bond motifs is 1. The molecule has 0 bridgehead atoms. The highest BCUT2D eigenvalue weighted by Gasteiger charge is 2.35. The molecule has 0 radical (unpaired) electrons. The van der Waals surface area contributed by atoms with Crippen LogP contribution in [0.2, 0.25) is 0 Å². The summed E-state index contributed by atoms with van der Waals surface area (Å²) in [5.74, 6) is -0.123. The van der Waals surface area contributed by atoms with Crippen LogP contribution in [-0.2, 0) is 22.4 Å². The Hall–Kier alpha value is -1.43. The van der Waals surface area contributed by atoms with Crippen LogP contribution in [0, 0.1) is 11.8 Å². The van der Waals surface area contributed by atoms with Crippen LogP contribution in [-0.4, -0.2) is 40.6 Å². The predicted octanol–water partition coefficient (Wildman–Crippen LogP) is 3.26. The van der Waals surface area contributed by atoms with E-state index in [1.807, 2.05) is 12.1 Å². The Labute approximate surface area is 161 Å². The van der Waals surface area contributed by atoms with E-state index in [1.54, 1.807) is 0 Å². The van der Waals surface area contributed by atoms with Gasteiger partial charge in [-0.2, -0.15) is 0 Å². The highest BCUT2D eigenvalue weighted by Crippen LogP contribution is 2.38. The maximum absolute atomic E-state index is 10.5. The number of carboxylic acid groups (broad SMARTS) is 1. The van der Waals surface area contributed by atoms with Gasteiger partial charge in [0.2, 0.25) is 0 Å². The predicted molar refractivity (Wildman–Crippen MR) is 103 cm³/mol. The molecule has 4 atom stereocenters. The molecule has 0 amide bonds. The van der Waals surface area contributed by atoms with Gasteiger partial charge in [0.25, 0.3) is 0 Å². The van der Waals surface area contributed by atoms with Crippen LogP contribution < -0.4 is 0 Å². The fourth-order valence-corrected chi connectivity index (χ4v) is 4.74. The second-order valence-electron chi connectivity index (χ2n) is 8.07. The molecule has 3 rings (SSSR count). The van der Waals surface area contributed by atoms with Gasteiger partial charge in [0.05, 0.1) is 12.2 Å². The van der Waals surface area contributed by atoms with Gasteiger partial charge in [-0.05, 0) is 79.9 Å². The lowest BCUT2D eigenvalue weighted by atomic mass is 9.88. The zero-order valence-corrected chi connectivity index (χ0v) is 16.0. The van der Waals surface area contributed by atoms with Crippen molar-refractivity contribution < 1.29 is 24.9 Å². The molecule has 1 saturated carbocycles. The molecular formula is C22H32O5. The molecule has 0 aliphatic heterocycles. The number of carbonyl (C=O) groups is 1. The lowest BCUT2D eigenvalue weighted by Gasteiger charge is -2.23. The number of benzene rings is 1. The second kappa shape index (κ2) is 9.67. The van der Waals surface area contributed by atoms with Crippen LogP contribution >= 0.6 is 0 Å². The van der Waals surface area contributed by atoms with E-state index in [4.69, 9.17) is 9.84 Å². The first-order valence-electron chi connectivity index (χ1n) is 10.3. The first-order chi connectivity index (χ1) is 13.1. The number of aliphatic carboxylic acids is 1. The van der Waals surface area contributed by atoms with Gasteiger partial charge in [-0.25, -0.2) is 0 Å². The van der Waals surface area contributed by atoms with Crippen molar-refractivity contribution in [2.75, 3.05) is 13.2 Å². The maximum atomic E-state index is 10.5. The minimum Gasteiger partial charge on any atom is -0.481 e. The smallest absolute Gasteiger partial charge is 0.303 e. The zero-order valence-electron chi connectivity index (χ0n) is 16.0. The first kappa shape index (κ1) is 20.3. The van der Waals surface area contributed by atoms with Crippen LogP contribution in [0.25, 0.3) is 0 Å². The summed E-state index contributed by atoms with van der Waals surface area (Å²) < 4.78 is 5.78. The van der Waals surface area contributed by atoms with Crippen molar-refractivity contribution in [3.8, 4) is 0 Å². The SMILES string of the molecule is O=C(O)CCCCOC[C@H]1CCC(O)[C@@H]1CCc1cccc2c1CCC2O. The molecule has 2 aliphatic carbocycles. The molecule has 1 aromatic carbocycles. The number of rotatable bonds is 10. The van der Waals surface area contributed by atoms with Crippen molar-refractivity contribution in [3.05, 3.63) is 34.9 Å². The number of hydrogen-bond acceptors (Lipinski definition) is 4. The highest BCUT2D eigenvalue weighted by atomic mass is 16.5. The van der Waals surface area contributed by atoms with E-state index in [0.717, 1.165) is 50.5 Å². The number of aryl methyl sites for hydroxylation is 1. The van der Waals surface area contributed by atoms with E-state index >= 15 is 0 Å². The van der Waals surface area contributed by atoms with Crippen LogP contribution in [0.4, 0.5) is 0 Å². The fourth-order valence-electron chi connectivity index (χ4n) is 4.74. The van der Waals surface area contributed by atoms with Gasteiger partial charge in [-0.15, -0.1) is 0 Å². The van der Waals surface area contributed by atoms with E-state index in [2.05, 4.69) is 6.07 Å². The minimum absolute atomic E-state index is 0.199. The van der Waals surface area contributed by atoms with Gasteiger partial charge in [-0.3, -0.25) is 4.79 Å². The molecule has 0 saturated heterocycles. The van der Waals surface area contributed by atoms with Crippen LogP contribution in [0.1, 0.15) is 67.7 Å². The third kappa shape index (κ3) is 5.31. The monoisotopic (exact) mass is 376 g/mol. The summed E-state index contributed by atoms with van der Waals surface area (Å²) in [6, 6.07) is 6.22. The van der Waals surface area contributed by atoms with Crippen molar-refractivity contribution in [3.63, 3.8) is 0 Å². The van der Waals surface area contributed by atoms with E-state index in [1.165, 1.54) is 11.1 Å². The number of unbranched alkanes of at least 4 members (excludes halogenated alkanes) is 1. The van der Waals surface area contributed by atoms with E-state index in [9.17, 15) is 15.0 Å². The summed E-state index contributed by atoms with van der Waals surface area (Å²) in [5, 5.41) is 29.1. The highest BCUT2D eigenvalue weighted by molar-refractivity contribution is 5.66. The Morgan fingerprint density at radius 2 is 2.00 bits per heavy atom. The van der Waals surface area contributed by atoms with Gasteiger partial charge < -0.3 is 20.1 Å². The lowest BCUT2D eigenvalue weighted by molar-refractivity contribution is -0.137. The molecule has 2 unspecified atom stereocenters. The largest absolute Gasteiger partial charge is 0.481 e. The Bertz CT molecular complexity index is 629. The molecule has 27 heavy (non-hydrogen) atoms. The summed E-state index contributed by atoms with van der Waals surface area (Å²) >= 11 is 0. The Morgan fingerprint density at radius 1 is 1.15 bits per heavy atom. The molecule has 0 spiro atoms. The van der Waals surface area contributed by atoms with Crippen LogP contribution in [0.3, 0.4) is 0 Å². The lowest BCUT2D eigenvalue weighted by Crippen LogP contribution is -2.23. The van der Waals surface area contributed by atoms with Crippen molar-refractivity contribution >= 4 is 5.97 Å². The summed E-state index contributed by atoms with van der Waals surface area (Å²) in [7, 11) is 0. The Morgan fingerprint density at radius 3 is 2.81 bits per heavy atom. The van der Waals surface area contributed by atoms with Gasteiger partial charge in [0.15, 0.2) is 0 Å². The molecule has 1 fully saturated rings. The number of hydrogen-bond donors (Lipinski definition) is 3. The average Bonchev–Trinajstić information content (AvgIpc) is 3.19. The number of carboxylic acids is 1. The summed E-state index contributed by atoms with van der Waals surface area (Å²) in [5.41, 5.74) is 3.71. The molecule has 1 aromatic rings. The fraction of sp³-hybridized carbons (Fsp3) is 0.682. The quantitative estimate of drug-likeness (QED) is 0.546. The topological polar surface area (TPSA) is 87.0 Å². The number of aliphatic hydroxyl groups is 2. The van der Waals surface area contributed by atoms with Crippen molar-refractivity contribution in [1.29, 1.82) is 0 Å². The third-order valence-corrected chi connectivity index (χ3v) is 6.28. The van der Waals surface area contributed by atoms with E-state index < -0.39 is 5.97 Å². The van der Waals surface area contributed by atoms with E-state index in [0.29, 0.717) is 25.6 Å². The van der Waals surface area contributed by atoms with Gasteiger partial charge >= 0.3 is 5.97 Å². The summed E-state index contributed by atoms with van der Waals surface area (Å²) in [6.07, 6.45) is 6.52. The zero-order chi connectivity index (χ0) is 19.2. The standard InChI is InChI=1S/C22H32O5/c23-20-11-8-16(14-27-13-2-1-6-22(25)26)18(20)9-7-15-4-3-5-19-17(15)10-12-21(19)24/h3-5,16,18,20-21,23-24H,1-2,6-14H2,(H,25,26)/t16-,18-,20?,21?/m1/s1. The molecule has 0 heterocycles. The summed E-state index contributed by atoms with van der Waals surface area (Å²) in [6.45, 7) is 1.25. The molecular weight excluding hydrogens is 344 g/mol. The number of aliphatic hydroxyl groups excluding tert-OH is 2. The first-order valence-corrected chi connectivity index (χ1v) is 10.3. The van der Waals surface area contributed by atoms with Crippen molar-refractivity contribution in [2.24, 2.45) is 11.8 Å². The van der Waals surface area contributed by atoms with Gasteiger partial charge in [0.1, 0.15) is 0 Å². The second-order valence-corrected chi connectivity index (χ2v) is 8.07. The maximum Gasteiger partial charge on any atom is 0.303 e. The molecule has 150 valence electrons. The molecule has 0 aromatic heterocycles. The molecule has 2 aliphatic rings. The molecule has 3 N–H and O–H groups in total. The van der Waals surface area contributed by atoms with E-state index in [-0.39, 0.29) is 24.5 Å². The normalized spacial score (nSPS) is 27.0. The number of ether oxygens (including phenoxy) is 1.